The SMILES string of the molecule is CN1CCN(c2ccc(Nc3ccc4ccc(=O)n(Cc5ccccc5OC(F)(F)F)c4c3)cc2)CC1. The van der Waals surface area contributed by atoms with Crippen molar-refractivity contribution in [2.75, 3.05) is 43.4 Å². The minimum Gasteiger partial charge on any atom is -0.405 e. The van der Waals surface area contributed by atoms with Gasteiger partial charge >= 0.3 is 6.36 Å². The van der Waals surface area contributed by atoms with Gasteiger partial charge in [0.05, 0.1) is 12.1 Å². The van der Waals surface area contributed by atoms with Crippen LogP contribution < -0.4 is 20.5 Å². The number of alkyl halides is 3. The molecular formula is C28H27F3N4O2. The van der Waals surface area contributed by atoms with E-state index in [1.807, 2.05) is 30.3 Å². The second-order valence-corrected chi connectivity index (χ2v) is 9.15. The molecule has 1 fully saturated rings. The lowest BCUT2D eigenvalue weighted by molar-refractivity contribution is -0.274. The van der Waals surface area contributed by atoms with Crippen LogP contribution in [0.5, 0.6) is 5.75 Å². The van der Waals surface area contributed by atoms with E-state index in [1.54, 1.807) is 12.1 Å². The maximum atomic E-state index is 12.9. The molecule has 6 nitrogen and oxygen atoms in total. The highest BCUT2D eigenvalue weighted by molar-refractivity contribution is 5.84. The summed E-state index contributed by atoms with van der Waals surface area (Å²) in [5.74, 6) is -0.325. The van der Waals surface area contributed by atoms with E-state index in [9.17, 15) is 18.0 Å². The first-order chi connectivity index (χ1) is 17.7. The number of piperazine rings is 1. The first-order valence-electron chi connectivity index (χ1n) is 12.0. The van der Waals surface area contributed by atoms with E-state index in [1.165, 1.54) is 34.5 Å². The van der Waals surface area contributed by atoms with Crippen molar-refractivity contribution >= 4 is 28.0 Å². The Labute approximate surface area is 212 Å². The molecule has 0 saturated carbocycles. The maximum absolute atomic E-state index is 12.9. The second kappa shape index (κ2) is 10.2. The number of nitrogens with one attached hydrogen (secondary N) is 1. The number of anilines is 3. The Balaban J connectivity index is 1.40. The highest BCUT2D eigenvalue weighted by atomic mass is 19.4. The van der Waals surface area contributed by atoms with E-state index in [0.717, 1.165) is 42.9 Å². The summed E-state index contributed by atoms with van der Waals surface area (Å²) in [6.45, 7) is 3.98. The maximum Gasteiger partial charge on any atom is 0.573 e. The van der Waals surface area contributed by atoms with Gasteiger partial charge in [-0.25, -0.2) is 0 Å². The zero-order chi connectivity index (χ0) is 26.0. The molecule has 0 radical (unpaired) electrons. The van der Waals surface area contributed by atoms with Crippen LogP contribution in [0, 0.1) is 0 Å². The molecule has 2 heterocycles. The number of rotatable bonds is 6. The van der Waals surface area contributed by atoms with Crippen molar-refractivity contribution in [2.24, 2.45) is 0 Å². The van der Waals surface area contributed by atoms with Gasteiger partial charge in [0.2, 0.25) is 0 Å². The van der Waals surface area contributed by atoms with E-state index in [-0.39, 0.29) is 23.4 Å². The Morgan fingerprint density at radius 3 is 2.27 bits per heavy atom. The van der Waals surface area contributed by atoms with Crippen molar-refractivity contribution in [2.45, 2.75) is 12.9 Å². The number of benzene rings is 3. The van der Waals surface area contributed by atoms with Crippen LogP contribution in [-0.2, 0) is 6.54 Å². The summed E-state index contributed by atoms with van der Waals surface area (Å²) in [6, 6.07) is 22.8. The number of ether oxygens (including phenoxy) is 1. The van der Waals surface area contributed by atoms with E-state index >= 15 is 0 Å². The fourth-order valence-electron chi connectivity index (χ4n) is 4.54. The van der Waals surface area contributed by atoms with Crippen molar-refractivity contribution < 1.29 is 17.9 Å². The van der Waals surface area contributed by atoms with Gasteiger partial charge in [0, 0.05) is 54.9 Å². The molecule has 4 aromatic rings. The molecule has 9 heteroatoms. The quantitative estimate of drug-likeness (QED) is 0.376. The molecular weight excluding hydrogens is 481 g/mol. The van der Waals surface area contributed by atoms with Gasteiger partial charge in [0.1, 0.15) is 5.75 Å². The molecule has 1 N–H and O–H groups in total. The molecule has 1 aliphatic rings. The van der Waals surface area contributed by atoms with Gasteiger partial charge in [-0.3, -0.25) is 4.79 Å². The predicted molar refractivity (Wildman–Crippen MR) is 140 cm³/mol. The van der Waals surface area contributed by atoms with Crippen LogP contribution >= 0.6 is 0 Å². The monoisotopic (exact) mass is 508 g/mol. The highest BCUT2D eigenvalue weighted by Gasteiger charge is 2.32. The van der Waals surface area contributed by atoms with Crippen LogP contribution in [0.25, 0.3) is 10.9 Å². The van der Waals surface area contributed by atoms with Crippen molar-refractivity contribution in [3.8, 4) is 5.75 Å². The Hall–Kier alpha value is -3.98. The van der Waals surface area contributed by atoms with E-state index < -0.39 is 6.36 Å². The van der Waals surface area contributed by atoms with Crippen molar-refractivity contribution in [3.05, 3.63) is 94.8 Å². The van der Waals surface area contributed by atoms with Crippen LogP contribution in [-0.4, -0.2) is 49.1 Å². The molecule has 5 rings (SSSR count). The number of para-hydroxylation sites is 1. The number of hydrogen-bond donors (Lipinski definition) is 1. The third-order valence-corrected chi connectivity index (χ3v) is 6.54. The molecule has 0 amide bonds. The summed E-state index contributed by atoms with van der Waals surface area (Å²) in [5.41, 5.74) is 3.37. The lowest BCUT2D eigenvalue weighted by Crippen LogP contribution is -2.44. The van der Waals surface area contributed by atoms with Gasteiger partial charge in [0.15, 0.2) is 0 Å². The lowest BCUT2D eigenvalue weighted by atomic mass is 10.1. The van der Waals surface area contributed by atoms with E-state index in [4.69, 9.17) is 0 Å². The highest BCUT2D eigenvalue weighted by Crippen LogP contribution is 2.28. The van der Waals surface area contributed by atoms with Crippen molar-refractivity contribution in [1.82, 2.24) is 9.47 Å². The third-order valence-electron chi connectivity index (χ3n) is 6.54. The number of pyridine rings is 1. The second-order valence-electron chi connectivity index (χ2n) is 9.15. The minimum atomic E-state index is -4.82. The van der Waals surface area contributed by atoms with Gasteiger partial charge in [-0.1, -0.05) is 24.3 Å². The number of likely N-dealkylation sites (N-methyl/N-ethyl adjacent to an activating group) is 1. The normalized spacial score (nSPS) is 14.6. The van der Waals surface area contributed by atoms with E-state index in [0.29, 0.717) is 5.52 Å². The predicted octanol–water partition coefficient (Wildman–Crippen LogP) is 5.44. The zero-order valence-corrected chi connectivity index (χ0v) is 20.3. The number of nitrogens with zero attached hydrogens (tertiary/aromatic N) is 3. The van der Waals surface area contributed by atoms with E-state index in [2.05, 4.69) is 39.0 Å². The number of fused-ring (bicyclic) bond motifs is 1. The lowest BCUT2D eigenvalue weighted by Gasteiger charge is -2.34. The fraction of sp³-hybridized carbons (Fsp3) is 0.250. The Morgan fingerprint density at radius 2 is 1.54 bits per heavy atom. The molecule has 0 spiro atoms. The van der Waals surface area contributed by atoms with Crippen LogP contribution in [0.1, 0.15) is 5.56 Å². The fourth-order valence-corrected chi connectivity index (χ4v) is 4.54. The Bertz CT molecular complexity index is 1440. The first kappa shape index (κ1) is 24.7. The summed E-state index contributed by atoms with van der Waals surface area (Å²) >= 11 is 0. The van der Waals surface area contributed by atoms with Crippen LogP contribution in [0.2, 0.25) is 0 Å². The van der Waals surface area contributed by atoms with Gasteiger partial charge in [-0.2, -0.15) is 0 Å². The molecule has 1 aliphatic heterocycles. The van der Waals surface area contributed by atoms with Gasteiger partial charge < -0.3 is 24.4 Å². The van der Waals surface area contributed by atoms with Crippen molar-refractivity contribution in [3.63, 3.8) is 0 Å². The molecule has 37 heavy (non-hydrogen) atoms. The smallest absolute Gasteiger partial charge is 0.405 e. The first-order valence-corrected chi connectivity index (χ1v) is 12.0. The average molecular weight is 509 g/mol. The van der Waals surface area contributed by atoms with Gasteiger partial charge in [-0.05, 0) is 61.0 Å². The topological polar surface area (TPSA) is 49.7 Å². The van der Waals surface area contributed by atoms with Gasteiger partial charge in [-0.15, -0.1) is 13.2 Å². The van der Waals surface area contributed by atoms with Gasteiger partial charge in [0.25, 0.3) is 5.56 Å². The molecule has 192 valence electrons. The minimum absolute atomic E-state index is 0.0639. The Morgan fingerprint density at radius 1 is 0.865 bits per heavy atom. The molecule has 1 saturated heterocycles. The summed E-state index contributed by atoms with van der Waals surface area (Å²) in [7, 11) is 2.13. The molecule has 0 bridgehead atoms. The number of aromatic nitrogens is 1. The molecule has 0 aliphatic carbocycles. The van der Waals surface area contributed by atoms with Crippen molar-refractivity contribution in [1.29, 1.82) is 0 Å². The Kier molecular flexibility index (Phi) is 6.80. The summed E-state index contributed by atoms with van der Waals surface area (Å²) < 4.78 is 44.3. The van der Waals surface area contributed by atoms with Crippen LogP contribution in [0.4, 0.5) is 30.2 Å². The standard InChI is InChI=1S/C28H27F3N4O2/c1-33-14-16-34(17-15-33)24-11-9-22(10-12-24)32-23-8-6-20-7-13-27(36)35(25(20)18-23)19-21-4-2-3-5-26(21)37-28(29,30)31/h2-13,18,32H,14-17,19H2,1H3. The molecule has 0 atom stereocenters. The zero-order valence-electron chi connectivity index (χ0n) is 20.3. The molecule has 1 aromatic heterocycles. The summed E-state index contributed by atoms with van der Waals surface area (Å²) in [6.07, 6.45) is -4.82. The van der Waals surface area contributed by atoms with Crippen LogP contribution in [0.15, 0.2) is 83.7 Å². The largest absolute Gasteiger partial charge is 0.573 e. The third kappa shape index (κ3) is 5.89. The average Bonchev–Trinajstić information content (AvgIpc) is 2.87. The summed E-state index contributed by atoms with van der Waals surface area (Å²) in [5, 5.41) is 4.17. The number of hydrogen-bond acceptors (Lipinski definition) is 5. The summed E-state index contributed by atoms with van der Waals surface area (Å²) in [4.78, 5) is 17.5. The number of halogens is 3. The molecule has 0 unspecified atom stereocenters. The molecule has 3 aromatic carbocycles. The van der Waals surface area contributed by atoms with Crippen LogP contribution in [0.3, 0.4) is 0 Å².